The van der Waals surface area contributed by atoms with Gasteiger partial charge >= 0.3 is 0 Å². The standard InChI is InChI=1S/C14H16N2O2S/c1-3-9-8-16-12-7-10(14(18)19-5-4-17)6-11(15-2)13(9)12/h4-8,15-17H,3H2,1-2H3/b5-4+. The van der Waals surface area contributed by atoms with Gasteiger partial charge < -0.3 is 15.4 Å². The highest BCUT2D eigenvalue weighted by Gasteiger charge is 2.12. The van der Waals surface area contributed by atoms with Crippen molar-refractivity contribution in [3.8, 4) is 0 Å². The van der Waals surface area contributed by atoms with Gasteiger partial charge in [0.2, 0.25) is 5.12 Å². The fraction of sp³-hybridized carbons (Fsp3) is 0.214. The third kappa shape index (κ3) is 2.61. The van der Waals surface area contributed by atoms with Gasteiger partial charge in [-0.15, -0.1) is 0 Å². The van der Waals surface area contributed by atoms with Gasteiger partial charge in [-0.2, -0.15) is 0 Å². The molecule has 19 heavy (non-hydrogen) atoms. The number of fused-ring (bicyclic) bond motifs is 1. The lowest BCUT2D eigenvalue weighted by atomic mass is 10.1. The summed E-state index contributed by atoms with van der Waals surface area (Å²) in [6.07, 6.45) is 3.77. The Morgan fingerprint density at radius 3 is 2.95 bits per heavy atom. The van der Waals surface area contributed by atoms with Crippen molar-refractivity contribution in [2.24, 2.45) is 0 Å². The molecule has 4 nitrogen and oxygen atoms in total. The molecule has 1 aromatic heterocycles. The fourth-order valence-electron chi connectivity index (χ4n) is 2.09. The van der Waals surface area contributed by atoms with Crippen LogP contribution in [0, 0.1) is 0 Å². The lowest BCUT2D eigenvalue weighted by Gasteiger charge is -2.07. The second-order valence-corrected chi connectivity index (χ2v) is 4.93. The molecule has 0 saturated carbocycles. The van der Waals surface area contributed by atoms with Gasteiger partial charge in [-0.3, -0.25) is 4.79 Å². The topological polar surface area (TPSA) is 65.1 Å². The van der Waals surface area contributed by atoms with Crippen molar-refractivity contribution in [3.05, 3.63) is 41.1 Å². The van der Waals surface area contributed by atoms with E-state index in [1.165, 1.54) is 11.0 Å². The summed E-state index contributed by atoms with van der Waals surface area (Å²) >= 11 is 0.959. The minimum atomic E-state index is -0.101. The molecule has 3 N–H and O–H groups in total. The summed E-state index contributed by atoms with van der Waals surface area (Å²) < 4.78 is 0. The molecule has 1 heterocycles. The number of rotatable bonds is 4. The number of hydrogen-bond donors (Lipinski definition) is 3. The maximum Gasteiger partial charge on any atom is 0.223 e. The molecular formula is C14H16N2O2S. The van der Waals surface area contributed by atoms with Crippen LogP contribution in [0.5, 0.6) is 0 Å². The Bertz CT molecular complexity index is 632. The zero-order valence-corrected chi connectivity index (χ0v) is 11.7. The van der Waals surface area contributed by atoms with Crippen molar-refractivity contribution < 1.29 is 9.90 Å². The van der Waals surface area contributed by atoms with Crippen LogP contribution < -0.4 is 5.32 Å². The average Bonchev–Trinajstić information content (AvgIpc) is 2.86. The van der Waals surface area contributed by atoms with E-state index < -0.39 is 0 Å². The predicted octanol–water partition coefficient (Wildman–Crippen LogP) is 3.67. The number of aromatic amines is 1. The van der Waals surface area contributed by atoms with E-state index in [1.807, 2.05) is 25.4 Å². The molecule has 0 bridgehead atoms. The number of nitrogens with one attached hydrogen (secondary N) is 2. The van der Waals surface area contributed by atoms with Crippen LogP contribution >= 0.6 is 11.8 Å². The third-order valence-electron chi connectivity index (χ3n) is 2.98. The van der Waals surface area contributed by atoms with Crippen molar-refractivity contribution in [1.82, 2.24) is 4.98 Å². The van der Waals surface area contributed by atoms with E-state index in [0.717, 1.165) is 41.0 Å². The first-order chi connectivity index (χ1) is 9.21. The summed E-state index contributed by atoms with van der Waals surface area (Å²) in [7, 11) is 1.84. The summed E-state index contributed by atoms with van der Waals surface area (Å²) in [6.45, 7) is 2.10. The average molecular weight is 276 g/mol. The molecule has 0 radical (unpaired) electrons. The molecule has 0 fully saturated rings. The van der Waals surface area contributed by atoms with Gasteiger partial charge in [0.05, 0.1) is 6.26 Å². The normalized spacial score (nSPS) is 11.3. The molecule has 0 aliphatic carbocycles. The molecule has 0 spiro atoms. The van der Waals surface area contributed by atoms with Crippen molar-refractivity contribution in [2.45, 2.75) is 13.3 Å². The Hall–Kier alpha value is -1.88. The number of anilines is 1. The minimum Gasteiger partial charge on any atom is -0.515 e. The van der Waals surface area contributed by atoms with Gasteiger partial charge in [-0.05, 0) is 24.1 Å². The number of carbonyl (C=O) groups is 1. The summed E-state index contributed by atoms with van der Waals surface area (Å²) in [5.41, 5.74) is 3.71. The van der Waals surface area contributed by atoms with Crippen molar-refractivity contribution >= 4 is 33.5 Å². The highest BCUT2D eigenvalue weighted by Crippen LogP contribution is 2.30. The Kier molecular flexibility index (Phi) is 4.16. The predicted molar refractivity (Wildman–Crippen MR) is 80.9 cm³/mol. The second kappa shape index (κ2) is 5.84. The number of aliphatic hydroxyl groups is 1. The van der Waals surface area contributed by atoms with Gasteiger partial charge in [-0.25, -0.2) is 0 Å². The fourth-order valence-corrected chi connectivity index (χ4v) is 2.53. The quantitative estimate of drug-likeness (QED) is 0.745. The molecule has 0 unspecified atom stereocenters. The molecular weight excluding hydrogens is 260 g/mol. The minimum absolute atomic E-state index is 0.101. The molecule has 2 rings (SSSR count). The first-order valence-corrected chi connectivity index (χ1v) is 6.91. The largest absolute Gasteiger partial charge is 0.515 e. The van der Waals surface area contributed by atoms with E-state index in [0.29, 0.717) is 5.56 Å². The molecule has 0 atom stereocenters. The highest BCUT2D eigenvalue weighted by molar-refractivity contribution is 8.16. The third-order valence-corrected chi connectivity index (χ3v) is 3.69. The van der Waals surface area contributed by atoms with E-state index in [9.17, 15) is 4.79 Å². The van der Waals surface area contributed by atoms with Crippen LogP contribution in [0.2, 0.25) is 0 Å². The number of benzene rings is 1. The van der Waals surface area contributed by atoms with E-state index in [1.54, 1.807) is 0 Å². The van der Waals surface area contributed by atoms with Crippen LogP contribution in [0.4, 0.5) is 5.69 Å². The number of aryl methyl sites for hydroxylation is 1. The number of aliphatic hydroxyl groups excluding tert-OH is 1. The summed E-state index contributed by atoms with van der Waals surface area (Å²) in [6, 6.07) is 3.69. The molecule has 0 aliphatic rings. The van der Waals surface area contributed by atoms with E-state index in [2.05, 4.69) is 17.2 Å². The first-order valence-electron chi connectivity index (χ1n) is 6.03. The van der Waals surface area contributed by atoms with Crippen molar-refractivity contribution in [2.75, 3.05) is 12.4 Å². The van der Waals surface area contributed by atoms with Crippen molar-refractivity contribution in [1.29, 1.82) is 0 Å². The van der Waals surface area contributed by atoms with E-state index >= 15 is 0 Å². The van der Waals surface area contributed by atoms with Crippen LogP contribution in [-0.2, 0) is 6.42 Å². The second-order valence-electron chi connectivity index (χ2n) is 4.05. The molecule has 100 valence electrons. The number of aromatic nitrogens is 1. The molecule has 2 aromatic rings. The maximum absolute atomic E-state index is 12.0. The molecule has 1 aromatic carbocycles. The SMILES string of the molecule is CCc1c[nH]c2cc(C(=O)S/C=C/O)cc(NC)c12. The maximum atomic E-state index is 12.0. The van der Waals surface area contributed by atoms with Gasteiger partial charge in [0.25, 0.3) is 0 Å². The number of H-pyrrole nitrogens is 1. The smallest absolute Gasteiger partial charge is 0.223 e. The van der Waals surface area contributed by atoms with Crippen LogP contribution in [0.1, 0.15) is 22.8 Å². The van der Waals surface area contributed by atoms with Crippen LogP contribution in [-0.4, -0.2) is 22.3 Å². The lowest BCUT2D eigenvalue weighted by Crippen LogP contribution is -1.97. The van der Waals surface area contributed by atoms with Gasteiger partial charge in [0.15, 0.2) is 0 Å². The molecule has 0 saturated heterocycles. The zero-order chi connectivity index (χ0) is 13.8. The zero-order valence-electron chi connectivity index (χ0n) is 10.9. The Morgan fingerprint density at radius 2 is 2.32 bits per heavy atom. The Balaban J connectivity index is 2.51. The van der Waals surface area contributed by atoms with Gasteiger partial charge in [0.1, 0.15) is 0 Å². The molecule has 0 aliphatic heterocycles. The van der Waals surface area contributed by atoms with Crippen LogP contribution in [0.15, 0.2) is 30.0 Å². The number of carbonyl (C=O) groups excluding carboxylic acids is 1. The summed E-state index contributed by atoms with van der Waals surface area (Å²) in [4.78, 5) is 15.1. The van der Waals surface area contributed by atoms with E-state index in [-0.39, 0.29) is 5.12 Å². The first kappa shape index (κ1) is 13.5. The molecule has 5 heteroatoms. The Labute approximate surface area is 115 Å². The number of hydrogen-bond acceptors (Lipinski definition) is 4. The van der Waals surface area contributed by atoms with Gasteiger partial charge in [0, 0.05) is 40.8 Å². The monoisotopic (exact) mass is 276 g/mol. The van der Waals surface area contributed by atoms with Crippen LogP contribution in [0.25, 0.3) is 10.9 Å². The van der Waals surface area contributed by atoms with E-state index in [4.69, 9.17) is 5.11 Å². The lowest BCUT2D eigenvalue weighted by molar-refractivity contribution is 0.109. The summed E-state index contributed by atoms with van der Waals surface area (Å²) in [5, 5.41) is 14.1. The summed E-state index contributed by atoms with van der Waals surface area (Å²) in [5.74, 6) is 0. The number of thioether (sulfide) groups is 1. The van der Waals surface area contributed by atoms with Crippen LogP contribution in [0.3, 0.4) is 0 Å². The Morgan fingerprint density at radius 1 is 1.53 bits per heavy atom. The van der Waals surface area contributed by atoms with Gasteiger partial charge in [-0.1, -0.05) is 18.7 Å². The molecule has 0 amide bonds. The van der Waals surface area contributed by atoms with Crippen molar-refractivity contribution in [3.63, 3.8) is 0 Å². The highest BCUT2D eigenvalue weighted by atomic mass is 32.2.